The fourth-order valence-corrected chi connectivity index (χ4v) is 3.50. The molecule has 2 rings (SSSR count). The van der Waals surface area contributed by atoms with Crippen molar-refractivity contribution in [3.8, 4) is 0 Å². The number of nitrogens with zero attached hydrogens (tertiary/aromatic N) is 2. The number of halogens is 2. The third kappa shape index (κ3) is 3.69. The molecule has 0 amide bonds. The van der Waals surface area contributed by atoms with Crippen molar-refractivity contribution in [2.75, 3.05) is 24.6 Å². The number of rotatable bonds is 3. The van der Waals surface area contributed by atoms with Crippen LogP contribution in [-0.2, 0) is 9.53 Å². The van der Waals surface area contributed by atoms with Crippen LogP contribution in [0.1, 0.15) is 19.8 Å². The molecular formula is C13H16Br2N2O2. The Morgan fingerprint density at radius 2 is 2.37 bits per heavy atom. The molecule has 0 bridgehead atoms. The molecule has 1 saturated heterocycles. The molecule has 1 atom stereocenters. The van der Waals surface area contributed by atoms with Gasteiger partial charge in [-0.2, -0.15) is 0 Å². The molecule has 19 heavy (non-hydrogen) atoms. The molecule has 1 aliphatic rings. The lowest BCUT2D eigenvalue weighted by Gasteiger charge is -2.32. The maximum absolute atomic E-state index is 11.8. The molecule has 0 aliphatic carbocycles. The number of hydrogen-bond acceptors (Lipinski definition) is 4. The van der Waals surface area contributed by atoms with E-state index in [9.17, 15) is 4.79 Å². The topological polar surface area (TPSA) is 42.4 Å². The molecule has 1 aromatic heterocycles. The lowest BCUT2D eigenvalue weighted by Crippen LogP contribution is -2.40. The first kappa shape index (κ1) is 14.8. The van der Waals surface area contributed by atoms with Crippen LogP contribution >= 0.6 is 31.9 Å². The smallest absolute Gasteiger partial charge is 0.310 e. The zero-order valence-electron chi connectivity index (χ0n) is 10.7. The Labute approximate surface area is 129 Å². The van der Waals surface area contributed by atoms with Crippen LogP contribution in [-0.4, -0.2) is 30.6 Å². The van der Waals surface area contributed by atoms with Gasteiger partial charge in [0, 0.05) is 23.8 Å². The zero-order valence-corrected chi connectivity index (χ0v) is 13.9. The quantitative estimate of drug-likeness (QED) is 0.740. The Balaban J connectivity index is 2.10. The number of pyridine rings is 1. The standard InChI is InChI=1S/C13H16Br2N2O2/c1-2-19-13(18)9-4-3-5-17(8-9)12-11(15)6-10(14)7-16-12/h6-7,9H,2-5,8H2,1H3. The molecule has 6 heteroatoms. The van der Waals surface area contributed by atoms with Gasteiger partial charge in [0.15, 0.2) is 0 Å². The Morgan fingerprint density at radius 1 is 1.58 bits per heavy atom. The van der Waals surface area contributed by atoms with Gasteiger partial charge < -0.3 is 9.64 Å². The van der Waals surface area contributed by atoms with Gasteiger partial charge in [0.1, 0.15) is 5.82 Å². The second-order valence-corrected chi connectivity index (χ2v) is 6.27. The molecule has 1 unspecified atom stereocenters. The van der Waals surface area contributed by atoms with Gasteiger partial charge in [-0.3, -0.25) is 4.79 Å². The van der Waals surface area contributed by atoms with E-state index in [1.54, 1.807) is 6.20 Å². The minimum absolute atomic E-state index is 0.0500. The van der Waals surface area contributed by atoms with E-state index in [4.69, 9.17) is 4.74 Å². The second kappa shape index (κ2) is 6.70. The highest BCUT2D eigenvalue weighted by molar-refractivity contribution is 9.11. The summed E-state index contributed by atoms with van der Waals surface area (Å²) in [4.78, 5) is 18.4. The Bertz CT molecular complexity index is 468. The van der Waals surface area contributed by atoms with Gasteiger partial charge in [-0.15, -0.1) is 0 Å². The van der Waals surface area contributed by atoms with Crippen LogP contribution in [0.5, 0.6) is 0 Å². The molecule has 1 fully saturated rings. The van der Waals surface area contributed by atoms with Crippen LogP contribution in [0, 0.1) is 5.92 Å². The number of anilines is 1. The normalized spacial score (nSPS) is 19.3. The average molecular weight is 392 g/mol. The van der Waals surface area contributed by atoms with Crippen molar-refractivity contribution in [2.24, 2.45) is 5.92 Å². The maximum atomic E-state index is 11.8. The van der Waals surface area contributed by atoms with E-state index < -0.39 is 0 Å². The molecule has 1 aromatic rings. The van der Waals surface area contributed by atoms with Crippen molar-refractivity contribution >= 4 is 43.6 Å². The molecule has 0 N–H and O–H groups in total. The second-order valence-electron chi connectivity index (χ2n) is 4.50. The highest BCUT2D eigenvalue weighted by Gasteiger charge is 2.28. The monoisotopic (exact) mass is 390 g/mol. The van der Waals surface area contributed by atoms with Gasteiger partial charge in [-0.1, -0.05) is 0 Å². The van der Waals surface area contributed by atoms with Gasteiger partial charge in [-0.05, 0) is 57.7 Å². The van der Waals surface area contributed by atoms with Crippen molar-refractivity contribution in [1.82, 2.24) is 4.98 Å². The number of carbonyl (C=O) groups is 1. The summed E-state index contributed by atoms with van der Waals surface area (Å²) in [6.45, 7) is 3.87. The van der Waals surface area contributed by atoms with E-state index in [2.05, 4.69) is 41.7 Å². The summed E-state index contributed by atoms with van der Waals surface area (Å²) in [5.41, 5.74) is 0. The number of carbonyl (C=O) groups excluding carboxylic acids is 1. The summed E-state index contributed by atoms with van der Waals surface area (Å²) in [6.07, 6.45) is 3.64. The van der Waals surface area contributed by atoms with Crippen LogP contribution in [0.15, 0.2) is 21.2 Å². The molecule has 0 aromatic carbocycles. The van der Waals surface area contributed by atoms with Gasteiger partial charge in [0.05, 0.1) is 17.0 Å². The molecule has 2 heterocycles. The third-order valence-corrected chi connectivity index (χ3v) is 4.15. The van der Waals surface area contributed by atoms with E-state index in [1.807, 2.05) is 13.0 Å². The number of hydrogen-bond donors (Lipinski definition) is 0. The van der Waals surface area contributed by atoms with E-state index in [1.165, 1.54) is 0 Å². The third-order valence-electron chi connectivity index (χ3n) is 3.13. The SMILES string of the molecule is CCOC(=O)C1CCCN(c2ncc(Br)cc2Br)C1. The molecule has 0 radical (unpaired) electrons. The predicted octanol–water partition coefficient (Wildman–Crippen LogP) is 3.39. The number of esters is 1. The summed E-state index contributed by atoms with van der Waals surface area (Å²) in [6, 6.07) is 1.97. The van der Waals surface area contributed by atoms with Gasteiger partial charge >= 0.3 is 5.97 Å². The number of aromatic nitrogens is 1. The maximum Gasteiger partial charge on any atom is 0.310 e. The first-order valence-electron chi connectivity index (χ1n) is 6.34. The number of ether oxygens (including phenoxy) is 1. The average Bonchev–Trinajstić information content (AvgIpc) is 2.39. The first-order chi connectivity index (χ1) is 9.11. The minimum Gasteiger partial charge on any atom is -0.466 e. The van der Waals surface area contributed by atoms with Crippen molar-refractivity contribution < 1.29 is 9.53 Å². The van der Waals surface area contributed by atoms with E-state index in [0.717, 1.165) is 34.1 Å². The molecule has 0 spiro atoms. The van der Waals surface area contributed by atoms with Gasteiger partial charge in [0.2, 0.25) is 0 Å². The lowest BCUT2D eigenvalue weighted by molar-refractivity contribution is -0.148. The summed E-state index contributed by atoms with van der Waals surface area (Å²) in [5.74, 6) is 0.740. The molecule has 0 saturated carbocycles. The number of piperidine rings is 1. The summed E-state index contributed by atoms with van der Waals surface area (Å²) in [7, 11) is 0. The van der Waals surface area contributed by atoms with Crippen LogP contribution < -0.4 is 4.90 Å². The highest BCUT2D eigenvalue weighted by Crippen LogP contribution is 2.30. The Morgan fingerprint density at radius 3 is 3.05 bits per heavy atom. The van der Waals surface area contributed by atoms with Crippen LogP contribution in [0.4, 0.5) is 5.82 Å². The van der Waals surface area contributed by atoms with Crippen LogP contribution in [0.25, 0.3) is 0 Å². The fourth-order valence-electron chi connectivity index (χ4n) is 2.26. The lowest BCUT2D eigenvalue weighted by atomic mass is 9.98. The Kier molecular flexibility index (Phi) is 5.21. The molecule has 104 valence electrons. The van der Waals surface area contributed by atoms with E-state index in [-0.39, 0.29) is 11.9 Å². The van der Waals surface area contributed by atoms with Crippen molar-refractivity contribution in [3.63, 3.8) is 0 Å². The van der Waals surface area contributed by atoms with Gasteiger partial charge in [0.25, 0.3) is 0 Å². The molecular weight excluding hydrogens is 376 g/mol. The molecule has 4 nitrogen and oxygen atoms in total. The first-order valence-corrected chi connectivity index (χ1v) is 7.93. The van der Waals surface area contributed by atoms with Crippen molar-refractivity contribution in [2.45, 2.75) is 19.8 Å². The summed E-state index contributed by atoms with van der Waals surface area (Å²) >= 11 is 6.91. The van der Waals surface area contributed by atoms with Crippen molar-refractivity contribution in [1.29, 1.82) is 0 Å². The van der Waals surface area contributed by atoms with Crippen LogP contribution in [0.2, 0.25) is 0 Å². The summed E-state index contributed by atoms with van der Waals surface area (Å²) in [5, 5.41) is 0. The van der Waals surface area contributed by atoms with E-state index in [0.29, 0.717) is 13.2 Å². The van der Waals surface area contributed by atoms with Gasteiger partial charge in [-0.25, -0.2) is 4.98 Å². The minimum atomic E-state index is -0.0968. The fraction of sp³-hybridized carbons (Fsp3) is 0.538. The predicted molar refractivity (Wildman–Crippen MR) is 81.2 cm³/mol. The Hall–Kier alpha value is -0.620. The van der Waals surface area contributed by atoms with Crippen LogP contribution in [0.3, 0.4) is 0 Å². The zero-order chi connectivity index (χ0) is 13.8. The summed E-state index contributed by atoms with van der Waals surface area (Å²) < 4.78 is 6.98. The highest BCUT2D eigenvalue weighted by atomic mass is 79.9. The largest absolute Gasteiger partial charge is 0.466 e. The van der Waals surface area contributed by atoms with Crippen molar-refractivity contribution in [3.05, 3.63) is 21.2 Å². The van der Waals surface area contributed by atoms with E-state index >= 15 is 0 Å². The molecule has 1 aliphatic heterocycles.